The molecule has 27 nitrogen and oxygen atoms in total. The molecule has 4 atom stereocenters. The molecule has 5 amide bonds. The second-order valence-electron chi connectivity index (χ2n) is 24.4. The number of pyridine rings is 1. The Labute approximate surface area is 598 Å². The lowest BCUT2D eigenvalue weighted by atomic mass is 9.70. The lowest BCUT2D eigenvalue weighted by molar-refractivity contribution is -0.157. The van der Waals surface area contributed by atoms with E-state index in [1.165, 1.54) is 71.5 Å². The van der Waals surface area contributed by atoms with Gasteiger partial charge in [-0.3, -0.25) is 43.3 Å². The molecule has 10 bridgehead atoms. The first-order valence-corrected chi connectivity index (χ1v) is 37.4. The number of Topliss-reactive ketones (excluding diaryl/α,β-unsaturated/α-hetero) is 1. The number of aromatic nitrogens is 7. The zero-order valence-corrected chi connectivity index (χ0v) is 60.3. The number of aliphatic carboxylic acids is 2. The van der Waals surface area contributed by atoms with Gasteiger partial charge in [-0.1, -0.05) is 50.6 Å². The van der Waals surface area contributed by atoms with Crippen molar-refractivity contribution in [2.45, 2.75) is 141 Å². The first kappa shape index (κ1) is 74.0. The number of carboxylic acid groups (broad SMARTS) is 2. The standard InChI is InChI=1S/C67H74N12O15S6/c1-34(2)39-26-45(80)52-35(3)99-63(77-52)41(27-48(81)68-4)71-57(88)43-31-95-59(73-43)38-18-19-40(61-75-47(33-98-61)79(25-13-11-17-51(85)86)66(91)94-37-20-23-67(24-21-37,65(90)93-6)22-12-10-16-50(83)84)70-53(38)42-30-96-62(72-42)44-32-97-64(74-44)55(56(87)36-14-8-7-9-15-36)76-49(82)28-69-58(89)54-46(29-92-5)100-60(39)78-54/h7-9,14-15,18-19,30-34,37,39,41,55-56,87H,10-13,16-17,20-29H2,1-6H3,(H,68,81)(H,69,89)(H,71,88)(H,76,82)(H,83,84)(H,85,86)/t37?,39-,41-,55-,56-,67?/m0/s1. The Kier molecular flexibility index (Phi) is 24.9. The number of nitrogens with one attached hydrogen (secondary N) is 4. The van der Waals surface area contributed by atoms with Gasteiger partial charge in [-0.05, 0) is 81.9 Å². The number of hydrogen-bond acceptors (Lipinski definition) is 26. The number of aryl methyl sites for hydroxylation is 1. The van der Waals surface area contributed by atoms with Crippen LogP contribution in [0.5, 0.6) is 0 Å². The number of esters is 1. The third-order valence-corrected chi connectivity index (χ3v) is 22.9. The quantitative estimate of drug-likeness (QED) is 0.0259. The maximum atomic E-state index is 14.5. The molecule has 0 unspecified atom stereocenters. The molecule has 8 aromatic rings. The van der Waals surface area contributed by atoms with E-state index >= 15 is 0 Å². The van der Waals surface area contributed by atoms with E-state index in [0.717, 1.165) is 22.7 Å². The van der Waals surface area contributed by atoms with Crippen LogP contribution in [0.2, 0.25) is 0 Å². The van der Waals surface area contributed by atoms with E-state index in [1.54, 1.807) is 70.9 Å². The molecule has 1 aliphatic carbocycles. The predicted octanol–water partition coefficient (Wildman–Crippen LogP) is 11.1. The summed E-state index contributed by atoms with van der Waals surface area (Å²) in [5.41, 5.74) is 1.60. The van der Waals surface area contributed by atoms with Crippen LogP contribution in [0.25, 0.3) is 43.4 Å². The minimum atomic E-state index is -1.31. The highest BCUT2D eigenvalue weighted by Gasteiger charge is 2.44. The van der Waals surface area contributed by atoms with Gasteiger partial charge in [0, 0.05) is 77.8 Å². The Morgan fingerprint density at radius 2 is 1.39 bits per heavy atom. The zero-order valence-electron chi connectivity index (χ0n) is 55.4. The number of carboxylic acids is 2. The van der Waals surface area contributed by atoms with E-state index in [1.807, 2.05) is 13.8 Å². The van der Waals surface area contributed by atoms with Gasteiger partial charge in [-0.15, -0.1) is 68.0 Å². The van der Waals surface area contributed by atoms with E-state index in [-0.39, 0.29) is 86.3 Å². The van der Waals surface area contributed by atoms with Gasteiger partial charge >= 0.3 is 24.0 Å². The van der Waals surface area contributed by atoms with Gasteiger partial charge in [0.15, 0.2) is 5.78 Å². The first-order valence-electron chi connectivity index (χ1n) is 32.2. The molecule has 1 fully saturated rings. The number of anilines is 1. The molecule has 7 N–H and O–H groups in total. The first-order chi connectivity index (χ1) is 48.0. The Morgan fingerprint density at radius 3 is 2.10 bits per heavy atom. The van der Waals surface area contributed by atoms with Crippen LogP contribution in [0.3, 0.4) is 0 Å². The van der Waals surface area contributed by atoms with Crippen molar-refractivity contribution in [2.24, 2.45) is 11.3 Å². The molecular weight excluding hydrogens is 1410 g/mol. The number of rotatable bonds is 21. The summed E-state index contributed by atoms with van der Waals surface area (Å²) in [6.45, 7) is 5.12. The van der Waals surface area contributed by atoms with Crippen molar-refractivity contribution < 1.29 is 72.7 Å². The Hall–Kier alpha value is -8.70. The highest BCUT2D eigenvalue weighted by molar-refractivity contribution is 7.15. The molecule has 1 aromatic carbocycles. The highest BCUT2D eigenvalue weighted by Crippen LogP contribution is 2.45. The van der Waals surface area contributed by atoms with Gasteiger partial charge in [0.25, 0.3) is 11.8 Å². The van der Waals surface area contributed by atoms with E-state index in [0.29, 0.717) is 119 Å². The topological polar surface area (TPSA) is 384 Å². The van der Waals surface area contributed by atoms with Crippen LogP contribution in [0.1, 0.15) is 183 Å². The van der Waals surface area contributed by atoms with Crippen molar-refractivity contribution in [2.75, 3.05) is 39.3 Å². The molecular formula is C67H74N12O15S6. The fourth-order valence-electron chi connectivity index (χ4n) is 11.8. The molecule has 0 saturated heterocycles. The van der Waals surface area contributed by atoms with E-state index in [9.17, 15) is 58.5 Å². The van der Waals surface area contributed by atoms with Crippen molar-refractivity contribution in [3.63, 3.8) is 0 Å². The number of carbonyl (C=O) groups excluding carboxylic acids is 7. The number of carbonyl (C=O) groups is 9. The van der Waals surface area contributed by atoms with Crippen molar-refractivity contribution in [1.29, 1.82) is 0 Å². The van der Waals surface area contributed by atoms with Gasteiger partial charge in [-0.2, -0.15) is 0 Å². The molecule has 0 radical (unpaired) electrons. The number of amides is 5. The number of thiazole rings is 6. The predicted molar refractivity (Wildman–Crippen MR) is 377 cm³/mol. The molecule has 100 heavy (non-hydrogen) atoms. The fourth-order valence-corrected chi connectivity index (χ4v) is 17.4. The molecule has 33 heteroatoms. The fraction of sp³-hybridized carbons (Fsp3) is 0.433. The minimum absolute atomic E-state index is 0.00732. The van der Waals surface area contributed by atoms with Gasteiger partial charge in [0.1, 0.15) is 83.3 Å². The van der Waals surface area contributed by atoms with Crippen molar-refractivity contribution in [1.82, 2.24) is 56.2 Å². The van der Waals surface area contributed by atoms with Gasteiger partial charge in [-0.25, -0.2) is 39.7 Å². The van der Waals surface area contributed by atoms with Crippen LogP contribution in [0, 0.1) is 18.3 Å². The van der Waals surface area contributed by atoms with E-state index in [2.05, 4.69) is 21.3 Å². The Bertz CT molecular complexity index is 4290. The minimum Gasteiger partial charge on any atom is -0.481 e. The maximum Gasteiger partial charge on any atom is 0.415 e. The van der Waals surface area contributed by atoms with Gasteiger partial charge in [0.2, 0.25) is 11.8 Å². The number of ether oxygens (including phenoxy) is 3. The lowest BCUT2D eigenvalue weighted by Crippen LogP contribution is -2.41. The molecule has 8 heterocycles. The molecule has 10 rings (SSSR count). The molecule has 2 aliphatic rings. The summed E-state index contributed by atoms with van der Waals surface area (Å²) in [6, 6.07) is 10.0. The average molecular weight is 1480 g/mol. The number of ketones is 1. The third-order valence-electron chi connectivity index (χ3n) is 17.2. The number of nitrogens with zero attached hydrogens (tertiary/aromatic N) is 8. The summed E-state index contributed by atoms with van der Waals surface area (Å²) in [7, 11) is 4.25. The summed E-state index contributed by atoms with van der Waals surface area (Å²) in [5.74, 6) is -5.49. The molecule has 7 aromatic heterocycles. The largest absolute Gasteiger partial charge is 0.481 e. The summed E-state index contributed by atoms with van der Waals surface area (Å²) in [6.07, 6.45) is 0.111. The van der Waals surface area contributed by atoms with E-state index in [4.69, 9.17) is 49.1 Å². The van der Waals surface area contributed by atoms with Crippen LogP contribution >= 0.6 is 68.0 Å². The Morgan fingerprint density at radius 1 is 0.710 bits per heavy atom. The second-order valence-corrected chi connectivity index (χ2v) is 30.2. The smallest absolute Gasteiger partial charge is 0.415 e. The Balaban J connectivity index is 1.01. The molecule has 528 valence electrons. The number of methoxy groups -OCH3 is 2. The van der Waals surface area contributed by atoms with Crippen molar-refractivity contribution >= 4 is 127 Å². The zero-order chi connectivity index (χ0) is 71.4. The highest BCUT2D eigenvalue weighted by atomic mass is 32.1. The SMILES string of the molecule is CNC(=O)C[C@@H]1NC(=O)c2csc(n2)-c2ccc(-c3nc(N(CCCCC(=O)O)C(=O)OC4CCC(CCCCC(=O)O)(C(=O)OC)CC4)cs3)nc2-c2csc(n2)-c2csc(n2)[C@H]([C@@H](O)c2ccccc2)NC(=O)CNC(=O)c2nc(sc2COC)[C@H](C(C)C)CC(=O)c2nc1sc2C. The lowest BCUT2D eigenvalue weighted by Gasteiger charge is -2.38. The van der Waals surface area contributed by atoms with Gasteiger partial charge < -0.3 is 50.8 Å². The van der Waals surface area contributed by atoms with Crippen LogP contribution < -0.4 is 26.2 Å². The van der Waals surface area contributed by atoms with E-state index < -0.39 is 89.8 Å². The number of aliphatic hydroxyl groups excluding tert-OH is 1. The molecule has 1 saturated carbocycles. The van der Waals surface area contributed by atoms with Crippen LogP contribution in [-0.2, 0) is 44.8 Å². The number of unbranched alkanes of at least 4 members (excludes halogenated alkanes) is 2. The number of hydrogen-bond donors (Lipinski definition) is 7. The summed E-state index contributed by atoms with van der Waals surface area (Å²) in [4.78, 5) is 157. The second kappa shape index (κ2) is 33.6. The van der Waals surface area contributed by atoms with Crippen molar-refractivity contribution in [3.8, 4) is 43.4 Å². The van der Waals surface area contributed by atoms with Crippen LogP contribution in [0.4, 0.5) is 10.6 Å². The monoisotopic (exact) mass is 1480 g/mol. The number of aliphatic hydroxyl groups is 1. The average Bonchev–Trinajstić information content (AvgIpc) is 1.58. The maximum absolute atomic E-state index is 14.5. The number of fused-ring (bicyclic) bond motifs is 14. The summed E-state index contributed by atoms with van der Waals surface area (Å²) >= 11 is 7.09. The molecule has 1 aliphatic heterocycles. The normalized spacial score (nSPS) is 18.6. The number of benzene rings is 1. The third kappa shape index (κ3) is 17.9. The van der Waals surface area contributed by atoms with Crippen LogP contribution in [0.15, 0.2) is 64.0 Å². The van der Waals surface area contributed by atoms with Crippen molar-refractivity contribution in [3.05, 3.63) is 111 Å². The summed E-state index contributed by atoms with van der Waals surface area (Å²) in [5, 5.41) is 50.8. The summed E-state index contributed by atoms with van der Waals surface area (Å²) < 4.78 is 16.8. The molecule has 0 spiro atoms. The van der Waals surface area contributed by atoms with Gasteiger partial charge in [0.05, 0.1) is 53.7 Å². The van der Waals surface area contributed by atoms with Crippen LogP contribution in [-0.4, -0.2) is 144 Å².